The maximum atomic E-state index is 12.4. The molecule has 13 nitrogen and oxygen atoms in total. The van der Waals surface area contributed by atoms with Gasteiger partial charge in [-0.2, -0.15) is 12.6 Å². The number of hydrogen-bond donors (Lipinski definition) is 9. The molecule has 0 heterocycles. The first-order valence-electron chi connectivity index (χ1n) is 8.02. The third kappa shape index (κ3) is 8.51. The lowest BCUT2D eigenvalue weighted by atomic mass is 10.1. The topological polar surface area (TPSA) is 234 Å². The number of nitrogens with two attached hydrogens (primary N) is 2. The molecule has 14 heteroatoms. The fourth-order valence-corrected chi connectivity index (χ4v) is 2.13. The number of aliphatic carboxylic acids is 1. The van der Waals surface area contributed by atoms with Gasteiger partial charge in [0, 0.05) is 5.75 Å². The van der Waals surface area contributed by atoms with Crippen LogP contribution in [0.2, 0.25) is 0 Å². The van der Waals surface area contributed by atoms with Crippen molar-refractivity contribution < 1.29 is 39.3 Å². The first-order chi connectivity index (χ1) is 12.9. The molecule has 0 aromatic heterocycles. The van der Waals surface area contributed by atoms with E-state index in [-0.39, 0.29) is 5.75 Å². The first-order valence-corrected chi connectivity index (χ1v) is 8.65. The molecule has 4 amide bonds. The molecular weight excluding hydrogens is 398 g/mol. The SMILES string of the molecule is CC(O)C(NC(=O)C(N)CO)C(=O)NC(CC(N)=O)C(=O)NC(CS)C(=O)O. The molecule has 0 radical (unpaired) electrons. The predicted molar refractivity (Wildman–Crippen MR) is 97.8 cm³/mol. The standard InChI is InChI=1S/C14H25N5O8S/c1-5(21)10(19-11(23)6(15)3-20)13(25)17-7(2-9(16)22)12(24)18-8(4-28)14(26)27/h5-8,10,20-21,28H,2-4,15H2,1H3,(H2,16,22)(H,17,25)(H,18,24)(H,19,23)(H,26,27). The van der Waals surface area contributed by atoms with Gasteiger partial charge in [0.25, 0.3) is 0 Å². The molecule has 0 saturated carbocycles. The summed E-state index contributed by atoms with van der Waals surface area (Å²) in [6.07, 6.45) is -2.11. The molecular formula is C14H25N5O8S. The number of primary amides is 1. The molecule has 0 rings (SSSR count). The van der Waals surface area contributed by atoms with Gasteiger partial charge in [0.15, 0.2) is 0 Å². The van der Waals surface area contributed by atoms with Crippen LogP contribution in [0.4, 0.5) is 0 Å². The van der Waals surface area contributed by atoms with Gasteiger partial charge in [0.2, 0.25) is 23.6 Å². The van der Waals surface area contributed by atoms with Crippen LogP contribution in [0.25, 0.3) is 0 Å². The van der Waals surface area contributed by atoms with Crippen LogP contribution < -0.4 is 27.4 Å². The summed E-state index contributed by atoms with van der Waals surface area (Å²) in [5, 5.41) is 33.8. The number of hydrogen-bond acceptors (Lipinski definition) is 9. The van der Waals surface area contributed by atoms with Crippen LogP contribution in [0, 0.1) is 0 Å². The maximum absolute atomic E-state index is 12.4. The third-order valence-electron chi connectivity index (χ3n) is 3.43. The lowest BCUT2D eigenvalue weighted by Crippen LogP contribution is -2.60. The van der Waals surface area contributed by atoms with Gasteiger partial charge in [0.05, 0.1) is 19.1 Å². The van der Waals surface area contributed by atoms with Crippen molar-refractivity contribution >= 4 is 42.2 Å². The van der Waals surface area contributed by atoms with Crippen molar-refractivity contribution in [2.24, 2.45) is 11.5 Å². The van der Waals surface area contributed by atoms with Gasteiger partial charge in [-0.1, -0.05) is 0 Å². The average Bonchev–Trinajstić information content (AvgIpc) is 2.61. The molecule has 0 spiro atoms. The number of thiol groups is 1. The smallest absolute Gasteiger partial charge is 0.327 e. The number of aliphatic hydroxyl groups excluding tert-OH is 2. The normalized spacial score (nSPS) is 16.0. The van der Waals surface area contributed by atoms with Gasteiger partial charge < -0.3 is 42.7 Å². The quantitative estimate of drug-likeness (QED) is 0.136. The van der Waals surface area contributed by atoms with Crippen LogP contribution in [-0.2, 0) is 24.0 Å². The second kappa shape index (κ2) is 12.1. The Hall–Kier alpha value is -2.42. The van der Waals surface area contributed by atoms with Crippen LogP contribution in [0.3, 0.4) is 0 Å². The lowest BCUT2D eigenvalue weighted by Gasteiger charge is -2.25. The minimum absolute atomic E-state index is 0.260. The minimum Gasteiger partial charge on any atom is -0.480 e. The Morgan fingerprint density at radius 3 is 1.93 bits per heavy atom. The van der Waals surface area contributed by atoms with E-state index in [0.29, 0.717) is 0 Å². The van der Waals surface area contributed by atoms with Crippen molar-refractivity contribution in [1.29, 1.82) is 0 Å². The van der Waals surface area contributed by atoms with E-state index in [2.05, 4.69) is 28.6 Å². The molecule has 10 N–H and O–H groups in total. The number of aliphatic hydroxyl groups is 2. The van der Waals surface area contributed by atoms with E-state index in [9.17, 15) is 29.1 Å². The van der Waals surface area contributed by atoms with Gasteiger partial charge in [-0.05, 0) is 6.92 Å². The zero-order chi connectivity index (χ0) is 22.0. The molecule has 28 heavy (non-hydrogen) atoms. The summed E-state index contributed by atoms with van der Waals surface area (Å²) >= 11 is 3.78. The highest BCUT2D eigenvalue weighted by Gasteiger charge is 2.32. The first kappa shape index (κ1) is 25.6. The number of carbonyl (C=O) groups is 5. The van der Waals surface area contributed by atoms with Crippen molar-refractivity contribution in [3.63, 3.8) is 0 Å². The Morgan fingerprint density at radius 1 is 1.00 bits per heavy atom. The van der Waals surface area contributed by atoms with E-state index in [0.717, 1.165) is 0 Å². The van der Waals surface area contributed by atoms with Crippen molar-refractivity contribution in [2.75, 3.05) is 12.4 Å². The molecule has 5 atom stereocenters. The molecule has 0 aliphatic rings. The average molecular weight is 423 g/mol. The van der Waals surface area contributed by atoms with E-state index in [4.69, 9.17) is 21.7 Å². The molecule has 0 fully saturated rings. The van der Waals surface area contributed by atoms with Gasteiger partial charge in [0.1, 0.15) is 24.2 Å². The summed E-state index contributed by atoms with van der Waals surface area (Å²) < 4.78 is 0. The highest BCUT2D eigenvalue weighted by molar-refractivity contribution is 7.80. The Labute approximate surface area is 165 Å². The summed E-state index contributed by atoms with van der Waals surface area (Å²) in [7, 11) is 0. The van der Waals surface area contributed by atoms with Crippen molar-refractivity contribution in [3.8, 4) is 0 Å². The molecule has 0 aromatic carbocycles. The van der Waals surface area contributed by atoms with Crippen molar-refractivity contribution in [1.82, 2.24) is 16.0 Å². The van der Waals surface area contributed by atoms with E-state index in [1.54, 1.807) is 0 Å². The zero-order valence-electron chi connectivity index (χ0n) is 15.0. The molecule has 0 aromatic rings. The Kier molecular flexibility index (Phi) is 11.1. The van der Waals surface area contributed by atoms with Crippen LogP contribution in [0.1, 0.15) is 13.3 Å². The molecule has 5 unspecified atom stereocenters. The Balaban J connectivity index is 5.34. The monoisotopic (exact) mass is 423 g/mol. The number of carbonyl (C=O) groups excluding carboxylic acids is 4. The fourth-order valence-electron chi connectivity index (χ4n) is 1.88. The number of amides is 4. The second-order valence-electron chi connectivity index (χ2n) is 5.83. The van der Waals surface area contributed by atoms with Gasteiger partial charge in [-0.15, -0.1) is 0 Å². The highest BCUT2D eigenvalue weighted by Crippen LogP contribution is 2.00. The largest absolute Gasteiger partial charge is 0.480 e. The van der Waals surface area contributed by atoms with Crippen LogP contribution in [0.5, 0.6) is 0 Å². The van der Waals surface area contributed by atoms with Crippen molar-refractivity contribution in [2.45, 2.75) is 43.6 Å². The molecule has 0 bridgehead atoms. The number of carboxylic acids is 1. The lowest BCUT2D eigenvalue weighted by molar-refractivity contribution is -0.142. The molecule has 0 saturated heterocycles. The van der Waals surface area contributed by atoms with E-state index >= 15 is 0 Å². The summed E-state index contributed by atoms with van der Waals surface area (Å²) in [5.41, 5.74) is 10.4. The zero-order valence-corrected chi connectivity index (χ0v) is 15.9. The minimum atomic E-state index is -1.58. The maximum Gasteiger partial charge on any atom is 0.327 e. The van der Waals surface area contributed by atoms with Gasteiger partial charge in [-0.3, -0.25) is 19.2 Å². The number of carboxylic acid groups (broad SMARTS) is 1. The summed E-state index contributed by atoms with van der Waals surface area (Å²) in [6.45, 7) is 0.451. The van der Waals surface area contributed by atoms with E-state index in [1.807, 2.05) is 0 Å². The molecule has 160 valence electrons. The number of rotatable bonds is 12. The number of nitrogens with one attached hydrogen (secondary N) is 3. The molecule has 0 aliphatic heterocycles. The van der Waals surface area contributed by atoms with Crippen LogP contribution >= 0.6 is 12.6 Å². The Bertz CT molecular complexity index is 602. The summed E-state index contributed by atoms with van der Waals surface area (Å²) in [5.74, 6) is -5.66. The second-order valence-corrected chi connectivity index (χ2v) is 6.19. The molecule has 0 aliphatic carbocycles. The van der Waals surface area contributed by atoms with Crippen LogP contribution in [-0.4, -0.2) is 87.5 Å². The highest BCUT2D eigenvalue weighted by atomic mass is 32.1. The Morgan fingerprint density at radius 2 is 1.54 bits per heavy atom. The van der Waals surface area contributed by atoms with E-state index < -0.39 is 72.9 Å². The van der Waals surface area contributed by atoms with Crippen molar-refractivity contribution in [3.05, 3.63) is 0 Å². The van der Waals surface area contributed by atoms with Crippen LogP contribution in [0.15, 0.2) is 0 Å². The summed E-state index contributed by atoms with van der Waals surface area (Å²) in [4.78, 5) is 58.5. The predicted octanol–water partition coefficient (Wildman–Crippen LogP) is -4.97. The van der Waals surface area contributed by atoms with Gasteiger partial charge in [-0.25, -0.2) is 4.79 Å². The third-order valence-corrected chi connectivity index (χ3v) is 3.80. The van der Waals surface area contributed by atoms with E-state index in [1.165, 1.54) is 6.92 Å². The summed E-state index contributed by atoms with van der Waals surface area (Å²) in [6, 6.07) is -5.90. The fraction of sp³-hybridized carbons (Fsp3) is 0.643. The van der Waals surface area contributed by atoms with Gasteiger partial charge >= 0.3 is 5.97 Å².